The highest BCUT2D eigenvalue weighted by atomic mass is 16.5. The Morgan fingerprint density at radius 2 is 1.73 bits per heavy atom. The molecule has 2 amide bonds. The van der Waals surface area contributed by atoms with Crippen molar-refractivity contribution in [1.29, 1.82) is 0 Å². The van der Waals surface area contributed by atoms with E-state index in [1.165, 1.54) is 6.42 Å². The Bertz CT molecular complexity index is 533. The van der Waals surface area contributed by atoms with E-state index < -0.39 is 5.91 Å². The molecule has 1 atom stereocenters. The van der Waals surface area contributed by atoms with Crippen molar-refractivity contribution in [3.05, 3.63) is 35.4 Å². The molecular formula is C17H24N2O3. The molecule has 3 N–H and O–H groups in total. The predicted octanol–water partition coefficient (Wildman–Crippen LogP) is 2.95. The van der Waals surface area contributed by atoms with Crippen LogP contribution in [0.4, 0.5) is 0 Å². The average Bonchev–Trinajstić information content (AvgIpc) is 2.54. The molecule has 22 heavy (non-hydrogen) atoms. The van der Waals surface area contributed by atoms with Crippen molar-refractivity contribution in [3.8, 4) is 0 Å². The van der Waals surface area contributed by atoms with Crippen molar-refractivity contribution < 1.29 is 14.8 Å². The Morgan fingerprint density at radius 3 is 2.27 bits per heavy atom. The van der Waals surface area contributed by atoms with Crippen LogP contribution in [-0.4, -0.2) is 17.0 Å². The first-order valence-corrected chi connectivity index (χ1v) is 7.82. The van der Waals surface area contributed by atoms with E-state index in [2.05, 4.69) is 5.32 Å². The van der Waals surface area contributed by atoms with Gasteiger partial charge >= 0.3 is 0 Å². The van der Waals surface area contributed by atoms with Crippen LogP contribution in [-0.2, 0) is 4.79 Å². The van der Waals surface area contributed by atoms with Gasteiger partial charge in [-0.25, -0.2) is 5.48 Å². The molecule has 0 aromatic heterocycles. The van der Waals surface area contributed by atoms with E-state index in [1.54, 1.807) is 29.7 Å². The largest absolute Gasteiger partial charge is 0.349 e. The van der Waals surface area contributed by atoms with Gasteiger partial charge in [-0.05, 0) is 37.5 Å². The molecule has 0 bridgehead atoms. The normalized spacial score (nSPS) is 18.3. The van der Waals surface area contributed by atoms with E-state index in [9.17, 15) is 9.59 Å². The molecule has 1 unspecified atom stereocenters. The van der Waals surface area contributed by atoms with E-state index in [4.69, 9.17) is 5.21 Å². The van der Waals surface area contributed by atoms with Crippen molar-refractivity contribution in [1.82, 2.24) is 10.8 Å². The Hall–Kier alpha value is -1.88. The summed E-state index contributed by atoms with van der Waals surface area (Å²) in [6, 6.07) is 6.73. The van der Waals surface area contributed by atoms with E-state index in [0.717, 1.165) is 31.2 Å². The lowest BCUT2D eigenvalue weighted by Crippen LogP contribution is -2.41. The Labute approximate surface area is 131 Å². The highest BCUT2D eigenvalue weighted by Crippen LogP contribution is 2.36. The van der Waals surface area contributed by atoms with Gasteiger partial charge in [-0.2, -0.15) is 0 Å². The van der Waals surface area contributed by atoms with Crippen LogP contribution in [0.1, 0.15) is 67.9 Å². The van der Waals surface area contributed by atoms with Crippen LogP contribution in [0.2, 0.25) is 0 Å². The number of carbonyl (C=O) groups excluding carboxylic acids is 2. The Balaban J connectivity index is 2.00. The van der Waals surface area contributed by atoms with Gasteiger partial charge in [-0.15, -0.1) is 0 Å². The molecule has 0 heterocycles. The molecule has 0 aliphatic heterocycles. The van der Waals surface area contributed by atoms with Crippen LogP contribution in [0.15, 0.2) is 24.3 Å². The van der Waals surface area contributed by atoms with Gasteiger partial charge in [0.05, 0.1) is 6.04 Å². The van der Waals surface area contributed by atoms with Crippen LogP contribution in [0.5, 0.6) is 0 Å². The van der Waals surface area contributed by atoms with Crippen LogP contribution in [0.25, 0.3) is 0 Å². The minimum atomic E-state index is -0.544. The van der Waals surface area contributed by atoms with Gasteiger partial charge in [0.15, 0.2) is 0 Å². The topological polar surface area (TPSA) is 78.4 Å². The van der Waals surface area contributed by atoms with Gasteiger partial charge in [0, 0.05) is 11.0 Å². The average molecular weight is 304 g/mol. The second-order valence-electron chi connectivity index (χ2n) is 6.38. The smallest absolute Gasteiger partial charge is 0.274 e. The molecule has 1 aromatic carbocycles. The van der Waals surface area contributed by atoms with Crippen LogP contribution in [0.3, 0.4) is 0 Å². The van der Waals surface area contributed by atoms with Crippen molar-refractivity contribution >= 4 is 11.8 Å². The molecule has 5 heteroatoms. The zero-order chi connectivity index (χ0) is 16.2. The number of carbonyl (C=O) groups is 2. The maximum Gasteiger partial charge on any atom is 0.274 e. The van der Waals surface area contributed by atoms with E-state index in [0.29, 0.717) is 5.56 Å². The summed E-state index contributed by atoms with van der Waals surface area (Å²) in [6.07, 6.45) is 5.33. The molecule has 0 radical (unpaired) electrons. The van der Waals surface area contributed by atoms with Crippen molar-refractivity contribution in [2.45, 2.75) is 52.0 Å². The third-order valence-electron chi connectivity index (χ3n) is 4.63. The van der Waals surface area contributed by atoms with E-state index in [-0.39, 0.29) is 17.4 Å². The van der Waals surface area contributed by atoms with Gasteiger partial charge < -0.3 is 5.32 Å². The zero-order valence-electron chi connectivity index (χ0n) is 13.2. The first-order chi connectivity index (χ1) is 10.5. The standard InChI is InChI=1S/C17H24N2O3/c1-12(13-6-8-14(9-7-13)15(20)19-22)18-16(21)17(2)10-4-3-5-11-17/h6-9,12,22H,3-5,10-11H2,1-2H3,(H,18,21)(H,19,20). The van der Waals surface area contributed by atoms with E-state index >= 15 is 0 Å². The lowest BCUT2D eigenvalue weighted by molar-refractivity contribution is -0.132. The molecule has 1 aliphatic carbocycles. The molecule has 120 valence electrons. The molecule has 0 saturated heterocycles. The first kappa shape index (κ1) is 16.5. The molecule has 1 saturated carbocycles. The van der Waals surface area contributed by atoms with Gasteiger partial charge in [0.1, 0.15) is 0 Å². The molecule has 2 rings (SSSR count). The second-order valence-corrected chi connectivity index (χ2v) is 6.38. The summed E-state index contributed by atoms with van der Waals surface area (Å²) < 4.78 is 0. The molecule has 1 aromatic rings. The highest BCUT2D eigenvalue weighted by molar-refractivity contribution is 5.93. The van der Waals surface area contributed by atoms with Crippen LogP contribution < -0.4 is 10.8 Å². The maximum atomic E-state index is 12.5. The van der Waals surface area contributed by atoms with Crippen molar-refractivity contribution in [2.24, 2.45) is 5.41 Å². The monoisotopic (exact) mass is 304 g/mol. The lowest BCUT2D eigenvalue weighted by atomic mass is 9.75. The quantitative estimate of drug-likeness (QED) is 0.591. The number of amides is 2. The molecule has 1 fully saturated rings. The summed E-state index contributed by atoms with van der Waals surface area (Å²) in [4.78, 5) is 23.8. The van der Waals surface area contributed by atoms with Crippen molar-refractivity contribution in [3.63, 3.8) is 0 Å². The summed E-state index contributed by atoms with van der Waals surface area (Å²) in [5.74, 6) is -0.435. The summed E-state index contributed by atoms with van der Waals surface area (Å²) in [6.45, 7) is 3.98. The van der Waals surface area contributed by atoms with Crippen molar-refractivity contribution in [2.75, 3.05) is 0 Å². The zero-order valence-corrected chi connectivity index (χ0v) is 13.2. The number of hydroxylamine groups is 1. The number of hydrogen-bond acceptors (Lipinski definition) is 3. The molecule has 1 aliphatic rings. The fourth-order valence-electron chi connectivity index (χ4n) is 3.00. The summed E-state index contributed by atoms with van der Waals surface area (Å²) >= 11 is 0. The SMILES string of the molecule is CC(NC(=O)C1(C)CCCCC1)c1ccc(C(=O)NO)cc1. The fraction of sp³-hybridized carbons (Fsp3) is 0.529. The third-order valence-corrected chi connectivity index (χ3v) is 4.63. The fourth-order valence-corrected chi connectivity index (χ4v) is 3.00. The van der Waals surface area contributed by atoms with Crippen LogP contribution >= 0.6 is 0 Å². The maximum absolute atomic E-state index is 12.5. The van der Waals surface area contributed by atoms with Crippen LogP contribution in [0, 0.1) is 5.41 Å². The van der Waals surface area contributed by atoms with Gasteiger partial charge in [0.25, 0.3) is 5.91 Å². The summed E-state index contributed by atoms with van der Waals surface area (Å²) in [5.41, 5.74) is 2.65. The van der Waals surface area contributed by atoms with E-state index in [1.807, 2.05) is 13.8 Å². The lowest BCUT2D eigenvalue weighted by Gasteiger charge is -2.33. The summed E-state index contributed by atoms with van der Waals surface area (Å²) in [5, 5.41) is 11.7. The molecular weight excluding hydrogens is 280 g/mol. The predicted molar refractivity (Wildman–Crippen MR) is 83.4 cm³/mol. The third kappa shape index (κ3) is 3.65. The minimum absolute atomic E-state index is 0.108. The van der Waals surface area contributed by atoms with Gasteiger partial charge in [-0.3, -0.25) is 14.8 Å². The molecule has 0 spiro atoms. The number of hydrogen-bond donors (Lipinski definition) is 3. The van der Waals surface area contributed by atoms with Gasteiger partial charge in [-0.1, -0.05) is 38.3 Å². The first-order valence-electron chi connectivity index (χ1n) is 7.82. The number of nitrogens with one attached hydrogen (secondary N) is 2. The number of benzene rings is 1. The number of rotatable bonds is 4. The highest BCUT2D eigenvalue weighted by Gasteiger charge is 2.35. The van der Waals surface area contributed by atoms with Gasteiger partial charge in [0.2, 0.25) is 5.91 Å². The minimum Gasteiger partial charge on any atom is -0.349 e. The Morgan fingerprint density at radius 1 is 1.14 bits per heavy atom. The summed E-state index contributed by atoms with van der Waals surface area (Å²) in [7, 11) is 0. The second kappa shape index (κ2) is 6.92. The molecule has 5 nitrogen and oxygen atoms in total. The Kier molecular flexibility index (Phi) is 5.19.